The molecule has 0 radical (unpaired) electrons. The Balaban J connectivity index is 1.84. The lowest BCUT2D eigenvalue weighted by atomic mass is 10.2. The minimum Gasteiger partial charge on any atom is -0.478 e. The summed E-state index contributed by atoms with van der Waals surface area (Å²) in [6, 6.07) is 5.00. The molecule has 1 fully saturated rings. The molecule has 112 valence electrons. The van der Waals surface area contributed by atoms with Gasteiger partial charge in [0.05, 0.1) is 30.3 Å². The SMILES string of the molecule is CC(CN1CCOCC1)n1nnc2ccc(C(=O)O)cc21. The molecule has 1 saturated heterocycles. The Morgan fingerprint density at radius 2 is 2.19 bits per heavy atom. The van der Waals surface area contributed by atoms with Gasteiger partial charge in [-0.3, -0.25) is 4.90 Å². The minimum absolute atomic E-state index is 0.122. The van der Waals surface area contributed by atoms with E-state index < -0.39 is 5.97 Å². The zero-order valence-electron chi connectivity index (χ0n) is 11.9. The molecule has 1 unspecified atom stereocenters. The number of hydrogen-bond donors (Lipinski definition) is 1. The third kappa shape index (κ3) is 2.88. The van der Waals surface area contributed by atoms with Crippen molar-refractivity contribution in [1.29, 1.82) is 0 Å². The van der Waals surface area contributed by atoms with Gasteiger partial charge in [-0.2, -0.15) is 0 Å². The molecule has 1 N–H and O–H groups in total. The Labute approximate surface area is 122 Å². The standard InChI is InChI=1S/C14H18N4O3/c1-10(9-17-4-6-21-7-5-17)18-13-8-11(14(19)20)2-3-12(13)15-16-18/h2-3,8,10H,4-7,9H2,1H3,(H,19,20). The quantitative estimate of drug-likeness (QED) is 0.905. The summed E-state index contributed by atoms with van der Waals surface area (Å²) in [6.07, 6.45) is 0. The van der Waals surface area contributed by atoms with Crippen LogP contribution in [0.5, 0.6) is 0 Å². The molecular weight excluding hydrogens is 272 g/mol. The summed E-state index contributed by atoms with van der Waals surface area (Å²) in [5.74, 6) is -0.939. The van der Waals surface area contributed by atoms with Crippen LogP contribution < -0.4 is 0 Å². The second-order valence-corrected chi connectivity index (χ2v) is 5.30. The highest BCUT2D eigenvalue weighted by Gasteiger charge is 2.18. The van der Waals surface area contributed by atoms with E-state index >= 15 is 0 Å². The van der Waals surface area contributed by atoms with Crippen molar-refractivity contribution in [3.8, 4) is 0 Å². The Hall–Kier alpha value is -1.99. The van der Waals surface area contributed by atoms with Gasteiger partial charge in [0, 0.05) is 19.6 Å². The van der Waals surface area contributed by atoms with Gasteiger partial charge in [0.15, 0.2) is 0 Å². The van der Waals surface area contributed by atoms with Gasteiger partial charge in [-0.1, -0.05) is 5.21 Å². The van der Waals surface area contributed by atoms with Crippen molar-refractivity contribution >= 4 is 17.0 Å². The molecule has 3 rings (SSSR count). The number of aromatic nitrogens is 3. The highest BCUT2D eigenvalue weighted by atomic mass is 16.5. The zero-order valence-corrected chi connectivity index (χ0v) is 11.9. The van der Waals surface area contributed by atoms with Crippen molar-refractivity contribution in [2.75, 3.05) is 32.8 Å². The first-order chi connectivity index (χ1) is 10.1. The predicted molar refractivity (Wildman–Crippen MR) is 76.5 cm³/mol. The van der Waals surface area contributed by atoms with Gasteiger partial charge in [0.1, 0.15) is 5.52 Å². The van der Waals surface area contributed by atoms with E-state index in [1.165, 1.54) is 0 Å². The molecule has 1 aromatic heterocycles. The number of aromatic carboxylic acids is 1. The first kappa shape index (κ1) is 14.0. The second kappa shape index (κ2) is 5.79. The van der Waals surface area contributed by atoms with Crippen LogP contribution in [-0.2, 0) is 4.74 Å². The van der Waals surface area contributed by atoms with Crippen LogP contribution in [0.1, 0.15) is 23.3 Å². The Bertz CT molecular complexity index is 649. The summed E-state index contributed by atoms with van der Waals surface area (Å²) in [7, 11) is 0. The van der Waals surface area contributed by atoms with Crippen molar-refractivity contribution < 1.29 is 14.6 Å². The molecule has 1 aromatic carbocycles. The fourth-order valence-electron chi connectivity index (χ4n) is 2.63. The van der Waals surface area contributed by atoms with E-state index in [1.807, 2.05) is 0 Å². The fourth-order valence-corrected chi connectivity index (χ4v) is 2.63. The molecule has 2 aromatic rings. The van der Waals surface area contributed by atoms with Gasteiger partial charge in [-0.15, -0.1) is 5.10 Å². The van der Waals surface area contributed by atoms with Crippen LogP contribution in [0.3, 0.4) is 0 Å². The maximum absolute atomic E-state index is 11.1. The highest BCUT2D eigenvalue weighted by Crippen LogP contribution is 2.18. The van der Waals surface area contributed by atoms with Crippen LogP contribution in [0.2, 0.25) is 0 Å². The van der Waals surface area contributed by atoms with Crippen molar-refractivity contribution in [1.82, 2.24) is 19.9 Å². The smallest absolute Gasteiger partial charge is 0.335 e. The lowest BCUT2D eigenvalue weighted by Crippen LogP contribution is -2.39. The number of carboxylic acid groups (broad SMARTS) is 1. The topological polar surface area (TPSA) is 80.5 Å². The van der Waals surface area contributed by atoms with Gasteiger partial charge in [0.2, 0.25) is 0 Å². The largest absolute Gasteiger partial charge is 0.478 e. The van der Waals surface area contributed by atoms with Crippen LogP contribution in [0, 0.1) is 0 Å². The van der Waals surface area contributed by atoms with Gasteiger partial charge in [-0.25, -0.2) is 9.48 Å². The van der Waals surface area contributed by atoms with E-state index in [-0.39, 0.29) is 11.6 Å². The van der Waals surface area contributed by atoms with Crippen LogP contribution >= 0.6 is 0 Å². The molecule has 2 heterocycles. The number of benzene rings is 1. The van der Waals surface area contributed by atoms with Crippen molar-refractivity contribution in [3.63, 3.8) is 0 Å². The monoisotopic (exact) mass is 290 g/mol. The molecule has 0 aliphatic carbocycles. The van der Waals surface area contributed by atoms with E-state index in [2.05, 4.69) is 22.1 Å². The van der Waals surface area contributed by atoms with Crippen molar-refractivity contribution in [2.24, 2.45) is 0 Å². The summed E-state index contributed by atoms with van der Waals surface area (Å²) < 4.78 is 7.15. The summed E-state index contributed by atoms with van der Waals surface area (Å²) in [4.78, 5) is 13.4. The zero-order chi connectivity index (χ0) is 14.8. The fraction of sp³-hybridized carbons (Fsp3) is 0.500. The molecule has 0 bridgehead atoms. The lowest BCUT2D eigenvalue weighted by Gasteiger charge is -2.29. The number of nitrogens with zero attached hydrogens (tertiary/aromatic N) is 4. The summed E-state index contributed by atoms with van der Waals surface area (Å²) >= 11 is 0. The third-order valence-electron chi connectivity index (χ3n) is 3.76. The number of carboxylic acids is 1. The minimum atomic E-state index is -0.939. The maximum atomic E-state index is 11.1. The summed E-state index contributed by atoms with van der Waals surface area (Å²) in [5.41, 5.74) is 1.73. The van der Waals surface area contributed by atoms with Crippen molar-refractivity contribution in [2.45, 2.75) is 13.0 Å². The molecule has 1 aliphatic heterocycles. The van der Waals surface area contributed by atoms with Crippen LogP contribution in [0.4, 0.5) is 0 Å². The van der Waals surface area contributed by atoms with Crippen LogP contribution in [0.15, 0.2) is 18.2 Å². The van der Waals surface area contributed by atoms with E-state index in [0.717, 1.165) is 38.4 Å². The number of morpholine rings is 1. The average molecular weight is 290 g/mol. The lowest BCUT2D eigenvalue weighted by molar-refractivity contribution is 0.0320. The Morgan fingerprint density at radius 1 is 1.43 bits per heavy atom. The Morgan fingerprint density at radius 3 is 2.90 bits per heavy atom. The molecule has 0 amide bonds. The molecule has 21 heavy (non-hydrogen) atoms. The first-order valence-corrected chi connectivity index (χ1v) is 7.03. The van der Waals surface area contributed by atoms with Gasteiger partial charge >= 0.3 is 5.97 Å². The molecule has 0 saturated carbocycles. The van der Waals surface area contributed by atoms with Crippen molar-refractivity contribution in [3.05, 3.63) is 23.8 Å². The second-order valence-electron chi connectivity index (χ2n) is 5.30. The molecule has 7 heteroatoms. The molecule has 7 nitrogen and oxygen atoms in total. The number of rotatable bonds is 4. The molecule has 1 atom stereocenters. The highest BCUT2D eigenvalue weighted by molar-refractivity contribution is 5.92. The van der Waals surface area contributed by atoms with E-state index in [0.29, 0.717) is 5.52 Å². The number of carbonyl (C=O) groups is 1. The van der Waals surface area contributed by atoms with Gasteiger partial charge in [0.25, 0.3) is 0 Å². The number of fused-ring (bicyclic) bond motifs is 1. The summed E-state index contributed by atoms with van der Waals surface area (Å²) in [6.45, 7) is 6.26. The van der Waals surface area contributed by atoms with Crippen LogP contribution in [0.25, 0.3) is 11.0 Å². The molecule has 1 aliphatic rings. The Kier molecular flexibility index (Phi) is 3.85. The number of ether oxygens (including phenoxy) is 1. The van der Waals surface area contributed by atoms with Gasteiger partial charge in [-0.05, 0) is 25.1 Å². The van der Waals surface area contributed by atoms with E-state index in [9.17, 15) is 4.79 Å². The average Bonchev–Trinajstić information content (AvgIpc) is 2.91. The molecular formula is C14H18N4O3. The molecule has 0 spiro atoms. The summed E-state index contributed by atoms with van der Waals surface area (Å²) in [5, 5.41) is 17.4. The maximum Gasteiger partial charge on any atom is 0.335 e. The normalized spacial score (nSPS) is 18.0. The predicted octanol–water partition coefficient (Wildman–Crippen LogP) is 1.02. The first-order valence-electron chi connectivity index (χ1n) is 7.03. The van der Waals surface area contributed by atoms with Crippen LogP contribution in [-0.4, -0.2) is 63.8 Å². The number of hydrogen-bond acceptors (Lipinski definition) is 5. The van der Waals surface area contributed by atoms with E-state index in [1.54, 1.807) is 22.9 Å². The third-order valence-corrected chi connectivity index (χ3v) is 3.76. The van der Waals surface area contributed by atoms with E-state index in [4.69, 9.17) is 9.84 Å². The van der Waals surface area contributed by atoms with Gasteiger partial charge < -0.3 is 9.84 Å².